The number of para-hydroxylation sites is 1. The molecule has 4 amide bonds. The van der Waals surface area contributed by atoms with E-state index in [-0.39, 0.29) is 18.5 Å². The zero-order valence-electron chi connectivity index (χ0n) is 17.0. The maximum atomic E-state index is 13.1. The molecule has 1 heterocycles. The molecular formula is C22H25N3O4. The van der Waals surface area contributed by atoms with Crippen molar-refractivity contribution in [2.45, 2.75) is 32.4 Å². The fraction of sp³-hybridized carbons (Fsp3) is 0.318. The van der Waals surface area contributed by atoms with Gasteiger partial charge in [-0.3, -0.25) is 14.5 Å². The van der Waals surface area contributed by atoms with Gasteiger partial charge in [-0.25, -0.2) is 4.79 Å². The van der Waals surface area contributed by atoms with Crippen molar-refractivity contribution in [3.05, 3.63) is 60.2 Å². The molecule has 1 aliphatic rings. The average molecular weight is 395 g/mol. The van der Waals surface area contributed by atoms with Crippen molar-refractivity contribution >= 4 is 23.5 Å². The Balaban J connectivity index is 1.83. The summed E-state index contributed by atoms with van der Waals surface area (Å²) in [4.78, 5) is 41.2. The number of carbonyl (C=O) groups excluding carboxylic acids is 3. The molecule has 3 rings (SSSR count). The van der Waals surface area contributed by atoms with Gasteiger partial charge in [-0.1, -0.05) is 30.3 Å². The number of nitrogens with zero attached hydrogens (tertiary/aromatic N) is 2. The minimum Gasteiger partial charge on any atom is -0.497 e. The summed E-state index contributed by atoms with van der Waals surface area (Å²) < 4.78 is 5.14. The summed E-state index contributed by atoms with van der Waals surface area (Å²) in [6.07, 6.45) is 0. The number of hydrogen-bond donors (Lipinski definition) is 1. The van der Waals surface area contributed by atoms with Crippen molar-refractivity contribution in [1.82, 2.24) is 10.2 Å². The highest BCUT2D eigenvalue weighted by Gasteiger charge is 2.49. The quantitative estimate of drug-likeness (QED) is 0.763. The minimum atomic E-state index is -1.24. The van der Waals surface area contributed by atoms with Gasteiger partial charge in [0.25, 0.3) is 5.91 Å². The van der Waals surface area contributed by atoms with E-state index in [1.54, 1.807) is 43.2 Å². The van der Waals surface area contributed by atoms with Gasteiger partial charge in [-0.15, -0.1) is 0 Å². The number of amides is 4. The van der Waals surface area contributed by atoms with Crippen LogP contribution in [0, 0.1) is 0 Å². The Kier molecular flexibility index (Phi) is 5.59. The molecule has 1 aliphatic heterocycles. The van der Waals surface area contributed by atoms with Crippen molar-refractivity contribution < 1.29 is 19.1 Å². The number of carbonyl (C=O) groups is 3. The van der Waals surface area contributed by atoms with Crippen LogP contribution in [0.5, 0.6) is 5.75 Å². The van der Waals surface area contributed by atoms with Gasteiger partial charge in [0.1, 0.15) is 17.8 Å². The predicted molar refractivity (Wildman–Crippen MR) is 110 cm³/mol. The Morgan fingerprint density at radius 3 is 2.28 bits per heavy atom. The lowest BCUT2D eigenvalue weighted by Crippen LogP contribution is -2.46. The summed E-state index contributed by atoms with van der Waals surface area (Å²) >= 11 is 0. The number of methoxy groups -OCH3 is 1. The number of ether oxygens (including phenoxy) is 1. The third-order valence-electron chi connectivity index (χ3n) is 5.06. The Hall–Kier alpha value is -3.35. The molecule has 0 bridgehead atoms. The summed E-state index contributed by atoms with van der Waals surface area (Å²) in [7, 11) is 1.56. The lowest BCUT2D eigenvalue weighted by molar-refractivity contribution is -0.134. The number of hydrogen-bond acceptors (Lipinski definition) is 4. The van der Waals surface area contributed by atoms with Gasteiger partial charge in [-0.05, 0) is 50.6 Å². The van der Waals surface area contributed by atoms with E-state index in [1.807, 2.05) is 44.2 Å². The van der Waals surface area contributed by atoms with Crippen molar-refractivity contribution in [2.24, 2.45) is 0 Å². The first-order valence-corrected chi connectivity index (χ1v) is 9.43. The van der Waals surface area contributed by atoms with Gasteiger partial charge < -0.3 is 15.0 Å². The van der Waals surface area contributed by atoms with Gasteiger partial charge >= 0.3 is 6.03 Å². The van der Waals surface area contributed by atoms with Crippen LogP contribution in [0.3, 0.4) is 0 Å². The molecule has 152 valence electrons. The van der Waals surface area contributed by atoms with Crippen LogP contribution < -0.4 is 15.0 Å². The van der Waals surface area contributed by atoms with Crippen molar-refractivity contribution in [1.29, 1.82) is 0 Å². The van der Waals surface area contributed by atoms with Crippen molar-refractivity contribution in [3.63, 3.8) is 0 Å². The monoisotopic (exact) mass is 395 g/mol. The maximum absolute atomic E-state index is 13.1. The molecule has 0 saturated carbocycles. The van der Waals surface area contributed by atoms with E-state index in [2.05, 4.69) is 5.32 Å². The first-order valence-electron chi connectivity index (χ1n) is 9.43. The lowest BCUT2D eigenvalue weighted by Gasteiger charge is -2.28. The maximum Gasteiger partial charge on any atom is 0.325 e. The van der Waals surface area contributed by atoms with Crippen LogP contribution >= 0.6 is 0 Å². The van der Waals surface area contributed by atoms with Crippen LogP contribution in [0.2, 0.25) is 0 Å². The number of nitrogens with one attached hydrogen (secondary N) is 1. The first kappa shape index (κ1) is 20.4. The topological polar surface area (TPSA) is 79.0 Å². The van der Waals surface area contributed by atoms with Gasteiger partial charge in [0.15, 0.2) is 0 Å². The number of imide groups is 1. The van der Waals surface area contributed by atoms with Crippen LogP contribution in [0.1, 0.15) is 26.3 Å². The van der Waals surface area contributed by atoms with Gasteiger partial charge in [0, 0.05) is 11.7 Å². The second-order valence-corrected chi connectivity index (χ2v) is 7.37. The number of benzene rings is 2. The van der Waals surface area contributed by atoms with E-state index in [1.165, 1.54) is 0 Å². The molecule has 1 atom stereocenters. The van der Waals surface area contributed by atoms with E-state index in [0.29, 0.717) is 11.3 Å². The highest BCUT2D eigenvalue weighted by molar-refractivity contribution is 6.10. The van der Waals surface area contributed by atoms with Crippen molar-refractivity contribution in [2.75, 3.05) is 18.6 Å². The zero-order chi connectivity index (χ0) is 21.2. The Labute approximate surface area is 170 Å². The fourth-order valence-corrected chi connectivity index (χ4v) is 3.49. The molecule has 1 N–H and O–H groups in total. The lowest BCUT2D eigenvalue weighted by atomic mass is 9.92. The number of urea groups is 1. The second-order valence-electron chi connectivity index (χ2n) is 7.37. The number of anilines is 1. The van der Waals surface area contributed by atoms with Crippen LogP contribution in [0.4, 0.5) is 10.5 Å². The molecular weight excluding hydrogens is 370 g/mol. The Morgan fingerprint density at radius 2 is 1.72 bits per heavy atom. The van der Waals surface area contributed by atoms with Crippen LogP contribution in [-0.2, 0) is 15.1 Å². The second kappa shape index (κ2) is 7.95. The Morgan fingerprint density at radius 1 is 1.10 bits per heavy atom. The highest BCUT2D eigenvalue weighted by atomic mass is 16.5. The zero-order valence-corrected chi connectivity index (χ0v) is 17.0. The molecule has 2 aromatic rings. The fourth-order valence-electron chi connectivity index (χ4n) is 3.49. The van der Waals surface area contributed by atoms with Crippen molar-refractivity contribution in [3.8, 4) is 5.75 Å². The number of rotatable bonds is 6. The summed E-state index contributed by atoms with van der Waals surface area (Å²) in [6.45, 7) is 5.08. The first-order chi connectivity index (χ1) is 13.8. The molecule has 7 nitrogen and oxygen atoms in total. The van der Waals surface area contributed by atoms with E-state index in [9.17, 15) is 14.4 Å². The average Bonchev–Trinajstić information content (AvgIpc) is 2.92. The Bertz CT molecular complexity index is 911. The molecule has 29 heavy (non-hydrogen) atoms. The third-order valence-corrected chi connectivity index (χ3v) is 5.06. The largest absolute Gasteiger partial charge is 0.497 e. The molecule has 0 unspecified atom stereocenters. The standard InChI is InChI=1S/C22H25N3O4/c1-15(2)25(17-8-6-5-7-9-17)19(26)14-24-20(27)22(3,23-21(24)28)16-10-12-18(29-4)13-11-16/h5-13,15H,14H2,1-4H3,(H,23,28)/t22-/m1/s1. The molecule has 7 heteroatoms. The molecule has 0 radical (unpaired) electrons. The molecule has 1 saturated heterocycles. The van der Waals surface area contributed by atoms with E-state index >= 15 is 0 Å². The SMILES string of the molecule is COc1ccc([C@@]2(C)NC(=O)N(CC(=O)N(c3ccccc3)C(C)C)C2=O)cc1. The highest BCUT2D eigenvalue weighted by Crippen LogP contribution is 2.30. The molecule has 1 fully saturated rings. The molecule has 0 aliphatic carbocycles. The third kappa shape index (κ3) is 3.81. The van der Waals surface area contributed by atoms with Crippen LogP contribution in [-0.4, -0.2) is 42.4 Å². The van der Waals surface area contributed by atoms with Gasteiger partial charge in [-0.2, -0.15) is 0 Å². The summed E-state index contributed by atoms with van der Waals surface area (Å²) in [5, 5.41) is 2.72. The molecule has 0 spiro atoms. The molecule has 0 aromatic heterocycles. The van der Waals surface area contributed by atoms with E-state index < -0.39 is 17.5 Å². The minimum absolute atomic E-state index is 0.126. The normalized spacial score (nSPS) is 18.7. The van der Waals surface area contributed by atoms with Gasteiger partial charge in [0.2, 0.25) is 5.91 Å². The predicted octanol–water partition coefficient (Wildman–Crippen LogP) is 2.90. The van der Waals surface area contributed by atoms with Crippen LogP contribution in [0.15, 0.2) is 54.6 Å². The smallest absolute Gasteiger partial charge is 0.325 e. The van der Waals surface area contributed by atoms with E-state index in [0.717, 1.165) is 10.6 Å². The van der Waals surface area contributed by atoms with Gasteiger partial charge in [0.05, 0.1) is 7.11 Å². The van der Waals surface area contributed by atoms with E-state index in [4.69, 9.17) is 4.74 Å². The molecule has 2 aromatic carbocycles. The summed E-state index contributed by atoms with van der Waals surface area (Å²) in [6, 6.07) is 15.4. The summed E-state index contributed by atoms with van der Waals surface area (Å²) in [5.74, 6) is -0.136. The summed E-state index contributed by atoms with van der Waals surface area (Å²) in [5.41, 5.74) is 0.104. The van der Waals surface area contributed by atoms with Crippen LogP contribution in [0.25, 0.3) is 0 Å².